The van der Waals surface area contributed by atoms with Crippen LogP contribution in [0.4, 0.5) is 0 Å². The fourth-order valence-electron chi connectivity index (χ4n) is 4.03. The summed E-state index contributed by atoms with van der Waals surface area (Å²) in [6, 6.07) is 0. The van der Waals surface area contributed by atoms with Crippen molar-refractivity contribution in [3.8, 4) is 0 Å². The van der Waals surface area contributed by atoms with Crippen molar-refractivity contribution in [1.29, 1.82) is 0 Å². The number of hydrogen-bond donors (Lipinski definition) is 0. The zero-order valence-corrected chi connectivity index (χ0v) is 12.0. The average Bonchev–Trinajstić information content (AvgIpc) is 2.62. The van der Waals surface area contributed by atoms with E-state index >= 15 is 0 Å². The lowest BCUT2D eigenvalue weighted by Crippen LogP contribution is -2.45. The summed E-state index contributed by atoms with van der Waals surface area (Å²) in [7, 11) is 0. The molecule has 0 aromatic carbocycles. The molecule has 0 bridgehead atoms. The highest BCUT2D eigenvalue weighted by atomic mass is 16.5. The predicted octanol–water partition coefficient (Wildman–Crippen LogP) is 4.43. The molecule has 1 heterocycles. The molecule has 1 aliphatic heterocycles. The Morgan fingerprint density at radius 2 is 2.00 bits per heavy atom. The van der Waals surface area contributed by atoms with E-state index in [4.69, 9.17) is 4.74 Å². The topological polar surface area (TPSA) is 9.23 Å². The second-order valence-corrected chi connectivity index (χ2v) is 6.86. The summed E-state index contributed by atoms with van der Waals surface area (Å²) < 4.78 is 6.34. The van der Waals surface area contributed by atoms with Crippen molar-refractivity contribution in [2.75, 3.05) is 6.61 Å². The highest BCUT2D eigenvalue weighted by Crippen LogP contribution is 2.50. The smallest absolute Gasteiger partial charge is 0.0722 e. The highest BCUT2D eigenvalue weighted by molar-refractivity contribution is 5.07. The van der Waals surface area contributed by atoms with Crippen LogP contribution in [0.15, 0.2) is 12.2 Å². The maximum Gasteiger partial charge on any atom is 0.0722 e. The first-order valence-corrected chi connectivity index (χ1v) is 7.24. The van der Waals surface area contributed by atoms with Gasteiger partial charge in [-0.05, 0) is 43.9 Å². The van der Waals surface area contributed by atoms with Crippen LogP contribution < -0.4 is 0 Å². The van der Waals surface area contributed by atoms with Crippen molar-refractivity contribution in [3.05, 3.63) is 12.2 Å². The van der Waals surface area contributed by atoms with Crippen molar-refractivity contribution >= 4 is 0 Å². The third-order valence-electron chi connectivity index (χ3n) is 5.01. The van der Waals surface area contributed by atoms with Crippen LogP contribution >= 0.6 is 0 Å². The van der Waals surface area contributed by atoms with Gasteiger partial charge in [0.1, 0.15) is 0 Å². The Labute approximate surface area is 107 Å². The van der Waals surface area contributed by atoms with Crippen molar-refractivity contribution in [2.45, 2.75) is 59.0 Å². The molecule has 1 spiro atoms. The third-order valence-corrected chi connectivity index (χ3v) is 5.01. The van der Waals surface area contributed by atoms with Crippen LogP contribution in [0.5, 0.6) is 0 Å². The van der Waals surface area contributed by atoms with Gasteiger partial charge >= 0.3 is 0 Å². The number of rotatable bonds is 2. The Morgan fingerprint density at radius 1 is 1.29 bits per heavy atom. The lowest BCUT2D eigenvalue weighted by Gasteiger charge is -2.45. The molecule has 0 N–H and O–H groups in total. The fraction of sp³-hybridized carbons (Fsp3) is 0.875. The Hall–Kier alpha value is -0.300. The molecule has 0 amide bonds. The van der Waals surface area contributed by atoms with Crippen LogP contribution in [0.1, 0.15) is 53.4 Å². The molecule has 1 unspecified atom stereocenters. The molecule has 1 aliphatic carbocycles. The Kier molecular flexibility index (Phi) is 3.68. The van der Waals surface area contributed by atoms with Gasteiger partial charge in [-0.15, -0.1) is 0 Å². The largest absolute Gasteiger partial charge is 0.374 e. The first-order chi connectivity index (χ1) is 7.94. The Morgan fingerprint density at radius 3 is 2.53 bits per heavy atom. The second kappa shape index (κ2) is 4.76. The molecule has 98 valence electrons. The Balaban J connectivity index is 2.17. The van der Waals surface area contributed by atoms with E-state index in [2.05, 4.69) is 34.3 Å². The number of hydrogen-bond acceptors (Lipinski definition) is 1. The Bertz CT molecular complexity index is 294. The van der Waals surface area contributed by atoms with E-state index in [0.717, 1.165) is 24.4 Å². The summed E-state index contributed by atoms with van der Waals surface area (Å²) in [6.45, 7) is 14.3. The second-order valence-electron chi connectivity index (χ2n) is 6.86. The van der Waals surface area contributed by atoms with Gasteiger partial charge in [0.05, 0.1) is 12.2 Å². The molecule has 0 aromatic rings. The van der Waals surface area contributed by atoms with E-state index in [1.54, 1.807) is 0 Å². The van der Waals surface area contributed by atoms with E-state index in [-0.39, 0.29) is 5.60 Å². The molecule has 0 aromatic heterocycles. The molecule has 1 saturated heterocycles. The van der Waals surface area contributed by atoms with Crippen LogP contribution in [0.25, 0.3) is 0 Å². The highest BCUT2D eigenvalue weighted by Gasteiger charge is 2.49. The molecular formula is C16H28O. The predicted molar refractivity (Wildman–Crippen MR) is 72.9 cm³/mol. The minimum absolute atomic E-state index is 0.176. The van der Waals surface area contributed by atoms with E-state index < -0.39 is 0 Å². The minimum atomic E-state index is 0.176. The van der Waals surface area contributed by atoms with Crippen LogP contribution in [-0.4, -0.2) is 12.2 Å². The zero-order valence-electron chi connectivity index (χ0n) is 12.0. The van der Waals surface area contributed by atoms with Crippen LogP contribution in [0.2, 0.25) is 0 Å². The molecule has 17 heavy (non-hydrogen) atoms. The third kappa shape index (κ3) is 2.45. The van der Waals surface area contributed by atoms with Gasteiger partial charge in [0.25, 0.3) is 0 Å². The maximum absolute atomic E-state index is 6.34. The summed E-state index contributed by atoms with van der Waals surface area (Å²) >= 11 is 0. The van der Waals surface area contributed by atoms with E-state index in [9.17, 15) is 0 Å². The molecule has 1 saturated carbocycles. The summed E-state index contributed by atoms with van der Waals surface area (Å²) in [6.07, 6.45) is 5.21. The lowest BCUT2D eigenvalue weighted by atomic mass is 9.65. The zero-order chi connectivity index (χ0) is 12.6. The summed E-state index contributed by atoms with van der Waals surface area (Å²) in [5, 5.41) is 0. The molecule has 2 aliphatic rings. The van der Waals surface area contributed by atoms with Crippen molar-refractivity contribution in [3.63, 3.8) is 0 Å². The van der Waals surface area contributed by atoms with Crippen molar-refractivity contribution in [2.24, 2.45) is 23.7 Å². The molecule has 1 heteroatoms. The molecule has 0 radical (unpaired) electrons. The minimum Gasteiger partial charge on any atom is -0.374 e. The standard InChI is InChI=1S/C16H28O/c1-11(2)14-9-16(17-10-14)8-13(5)6-7-15(16)12(3)4/h12-15H,1,6-10H2,2-5H3/t13-,14-,15?,16-/m1/s1. The van der Waals surface area contributed by atoms with Crippen LogP contribution in [0, 0.1) is 23.7 Å². The SMILES string of the molecule is C=C(C)[C@H]1CO[C@]2(C[C@H](C)CCC2C(C)C)C1. The quantitative estimate of drug-likeness (QED) is 0.644. The summed E-state index contributed by atoms with van der Waals surface area (Å²) in [5.74, 6) is 2.92. The van der Waals surface area contributed by atoms with Gasteiger partial charge in [-0.3, -0.25) is 0 Å². The molecule has 1 nitrogen and oxygen atoms in total. The van der Waals surface area contributed by atoms with Crippen molar-refractivity contribution < 1.29 is 4.74 Å². The van der Waals surface area contributed by atoms with E-state index in [0.29, 0.717) is 5.92 Å². The first kappa shape index (κ1) is 13.1. The van der Waals surface area contributed by atoms with Gasteiger partial charge in [0, 0.05) is 5.92 Å². The van der Waals surface area contributed by atoms with Gasteiger partial charge < -0.3 is 4.74 Å². The van der Waals surface area contributed by atoms with Crippen molar-refractivity contribution in [1.82, 2.24) is 0 Å². The molecule has 4 atom stereocenters. The molecule has 2 rings (SSSR count). The summed E-state index contributed by atoms with van der Waals surface area (Å²) in [4.78, 5) is 0. The van der Waals surface area contributed by atoms with E-state index in [1.807, 2.05) is 0 Å². The van der Waals surface area contributed by atoms with Gasteiger partial charge in [0.15, 0.2) is 0 Å². The monoisotopic (exact) mass is 236 g/mol. The first-order valence-electron chi connectivity index (χ1n) is 7.24. The van der Waals surface area contributed by atoms with Crippen LogP contribution in [0.3, 0.4) is 0 Å². The normalized spacial score (nSPS) is 42.3. The van der Waals surface area contributed by atoms with Gasteiger partial charge in [-0.25, -0.2) is 0 Å². The van der Waals surface area contributed by atoms with Gasteiger partial charge in [0.2, 0.25) is 0 Å². The van der Waals surface area contributed by atoms with Gasteiger partial charge in [-0.1, -0.05) is 39.3 Å². The molecular weight excluding hydrogens is 208 g/mol. The van der Waals surface area contributed by atoms with E-state index in [1.165, 1.54) is 31.3 Å². The molecule has 2 fully saturated rings. The fourth-order valence-corrected chi connectivity index (χ4v) is 4.03. The number of ether oxygens (including phenoxy) is 1. The van der Waals surface area contributed by atoms with Gasteiger partial charge in [-0.2, -0.15) is 0 Å². The summed E-state index contributed by atoms with van der Waals surface area (Å²) in [5.41, 5.74) is 1.48. The lowest BCUT2D eigenvalue weighted by molar-refractivity contribution is -0.0958. The maximum atomic E-state index is 6.34. The average molecular weight is 236 g/mol. The van der Waals surface area contributed by atoms with Crippen LogP contribution in [-0.2, 0) is 4.74 Å².